The number of thioether (sulfide) groups is 1. The van der Waals surface area contributed by atoms with Crippen LogP contribution in [0.2, 0.25) is 0 Å². The molecule has 0 radical (unpaired) electrons. The van der Waals surface area contributed by atoms with E-state index in [9.17, 15) is 4.79 Å². The number of ether oxygens (including phenoxy) is 2. The standard InChI is InChI=1S/C17H30N2O3S/c1-5-21-16(20)19-17(23-13-7-11-18)22-12-10-15(4)9-6-8-14(2)3/h14-15H,5-10,12-13H2,1-4H3/b19-17+. The molecule has 0 aromatic heterocycles. The maximum Gasteiger partial charge on any atom is 0.437 e. The molecule has 6 heteroatoms. The number of nitrogens with zero attached hydrogens (tertiary/aromatic N) is 2. The zero-order valence-electron chi connectivity index (χ0n) is 14.8. The van der Waals surface area contributed by atoms with E-state index in [4.69, 9.17) is 14.7 Å². The quantitative estimate of drug-likeness (QED) is 0.317. The Kier molecular flexibility index (Phi) is 13.6. The Balaban J connectivity index is 4.16. The predicted octanol–water partition coefficient (Wildman–Crippen LogP) is 5.01. The van der Waals surface area contributed by atoms with Gasteiger partial charge in [-0.2, -0.15) is 5.26 Å². The summed E-state index contributed by atoms with van der Waals surface area (Å²) in [5, 5.41) is 8.88. The number of carbonyl (C=O) groups is 1. The summed E-state index contributed by atoms with van der Waals surface area (Å²) in [7, 11) is 0. The van der Waals surface area contributed by atoms with Crippen LogP contribution in [0.1, 0.15) is 59.8 Å². The Morgan fingerprint density at radius 1 is 1.22 bits per heavy atom. The van der Waals surface area contributed by atoms with Gasteiger partial charge in [0.2, 0.25) is 0 Å². The summed E-state index contributed by atoms with van der Waals surface area (Å²) in [6.45, 7) is 9.24. The molecule has 23 heavy (non-hydrogen) atoms. The van der Waals surface area contributed by atoms with Crippen LogP contribution in [0.5, 0.6) is 0 Å². The van der Waals surface area contributed by atoms with Gasteiger partial charge >= 0.3 is 6.09 Å². The molecule has 0 spiro atoms. The van der Waals surface area contributed by atoms with Gasteiger partial charge < -0.3 is 9.47 Å². The second-order valence-electron chi connectivity index (χ2n) is 5.90. The second kappa shape index (κ2) is 14.4. The highest BCUT2D eigenvalue weighted by Gasteiger charge is 2.09. The summed E-state index contributed by atoms with van der Waals surface area (Å²) in [6, 6.07) is 2.06. The highest BCUT2D eigenvalue weighted by Crippen LogP contribution is 2.16. The third-order valence-electron chi connectivity index (χ3n) is 3.20. The number of hydrogen-bond donors (Lipinski definition) is 0. The summed E-state index contributed by atoms with van der Waals surface area (Å²) in [6.07, 6.45) is 4.36. The minimum Gasteiger partial charge on any atom is -0.473 e. The zero-order valence-corrected chi connectivity index (χ0v) is 15.7. The van der Waals surface area contributed by atoms with Gasteiger partial charge in [-0.1, -0.05) is 51.8 Å². The minimum absolute atomic E-state index is 0.283. The number of rotatable bonds is 10. The monoisotopic (exact) mass is 342 g/mol. The van der Waals surface area contributed by atoms with Crippen LogP contribution in [0.25, 0.3) is 0 Å². The van der Waals surface area contributed by atoms with E-state index in [1.165, 1.54) is 31.0 Å². The van der Waals surface area contributed by atoms with Gasteiger partial charge in [-0.15, -0.1) is 4.99 Å². The first-order chi connectivity index (χ1) is 11.0. The van der Waals surface area contributed by atoms with Crippen LogP contribution in [0, 0.1) is 23.2 Å². The Hall–Kier alpha value is -1.22. The van der Waals surface area contributed by atoms with Crippen molar-refractivity contribution in [1.29, 1.82) is 5.26 Å². The molecule has 0 aliphatic rings. The first-order valence-electron chi connectivity index (χ1n) is 8.37. The third-order valence-corrected chi connectivity index (χ3v) is 4.07. The van der Waals surface area contributed by atoms with E-state index in [2.05, 4.69) is 31.8 Å². The molecule has 0 saturated heterocycles. The fourth-order valence-corrected chi connectivity index (χ4v) is 2.56. The molecule has 0 fully saturated rings. The molecule has 0 heterocycles. The zero-order chi connectivity index (χ0) is 17.5. The summed E-state index contributed by atoms with van der Waals surface area (Å²) in [4.78, 5) is 15.2. The van der Waals surface area contributed by atoms with E-state index >= 15 is 0 Å². The number of nitriles is 1. The van der Waals surface area contributed by atoms with Crippen molar-refractivity contribution in [2.45, 2.75) is 59.8 Å². The maximum absolute atomic E-state index is 11.4. The number of aliphatic imine (C=N–C) groups is 1. The molecular weight excluding hydrogens is 312 g/mol. The highest BCUT2D eigenvalue weighted by atomic mass is 32.2. The van der Waals surface area contributed by atoms with Gasteiger partial charge in [-0.3, -0.25) is 0 Å². The molecule has 0 rings (SSSR count). The molecule has 1 amide bonds. The van der Waals surface area contributed by atoms with E-state index in [0.29, 0.717) is 29.9 Å². The van der Waals surface area contributed by atoms with Gasteiger partial charge in [0.25, 0.3) is 5.23 Å². The van der Waals surface area contributed by atoms with Crippen molar-refractivity contribution in [3.8, 4) is 6.07 Å². The SMILES string of the molecule is CCOC(=O)/N=C(\OCCC(C)CCCC(C)C)SCCC#N. The lowest BCUT2D eigenvalue weighted by molar-refractivity contribution is 0.162. The van der Waals surface area contributed by atoms with Crippen molar-refractivity contribution in [1.82, 2.24) is 0 Å². The van der Waals surface area contributed by atoms with Gasteiger partial charge in [0.15, 0.2) is 0 Å². The van der Waals surface area contributed by atoms with Crippen molar-refractivity contribution in [3.05, 3.63) is 0 Å². The highest BCUT2D eigenvalue weighted by molar-refractivity contribution is 8.13. The largest absolute Gasteiger partial charge is 0.473 e. The number of amides is 1. The average molecular weight is 343 g/mol. The van der Waals surface area contributed by atoms with E-state index in [1.54, 1.807) is 6.92 Å². The topological polar surface area (TPSA) is 71.7 Å². The molecule has 0 aromatic rings. The molecule has 0 bridgehead atoms. The van der Waals surface area contributed by atoms with Crippen LogP contribution >= 0.6 is 11.8 Å². The Morgan fingerprint density at radius 3 is 2.57 bits per heavy atom. The van der Waals surface area contributed by atoms with E-state index in [0.717, 1.165) is 12.3 Å². The molecule has 1 unspecified atom stereocenters. The second-order valence-corrected chi connectivity index (χ2v) is 6.95. The molecular formula is C17H30N2O3S. The molecule has 0 N–H and O–H groups in total. The van der Waals surface area contributed by atoms with Gasteiger partial charge in [0.05, 0.1) is 19.3 Å². The first kappa shape index (κ1) is 21.8. The van der Waals surface area contributed by atoms with Crippen LogP contribution in [0.4, 0.5) is 4.79 Å². The summed E-state index contributed by atoms with van der Waals surface area (Å²) >= 11 is 1.28. The normalized spacial score (nSPS) is 12.8. The number of hydrogen-bond acceptors (Lipinski definition) is 5. The van der Waals surface area contributed by atoms with Crippen molar-refractivity contribution < 1.29 is 14.3 Å². The van der Waals surface area contributed by atoms with E-state index in [1.807, 2.05) is 0 Å². The Morgan fingerprint density at radius 2 is 1.96 bits per heavy atom. The minimum atomic E-state index is -0.642. The van der Waals surface area contributed by atoms with Crippen LogP contribution < -0.4 is 0 Å². The molecule has 5 nitrogen and oxygen atoms in total. The summed E-state index contributed by atoms with van der Waals surface area (Å²) in [5.74, 6) is 1.89. The van der Waals surface area contributed by atoms with Crippen molar-refractivity contribution in [2.24, 2.45) is 16.8 Å². The third kappa shape index (κ3) is 14.1. The smallest absolute Gasteiger partial charge is 0.437 e. The molecule has 1 atom stereocenters. The van der Waals surface area contributed by atoms with E-state index < -0.39 is 6.09 Å². The van der Waals surface area contributed by atoms with Crippen LogP contribution in [0.15, 0.2) is 4.99 Å². The van der Waals surface area contributed by atoms with Crippen LogP contribution in [-0.4, -0.2) is 30.3 Å². The molecule has 0 saturated carbocycles. The molecule has 0 aliphatic carbocycles. The molecule has 0 aromatic carbocycles. The predicted molar refractivity (Wildman–Crippen MR) is 95.6 cm³/mol. The van der Waals surface area contributed by atoms with Gasteiger partial charge in [0.1, 0.15) is 0 Å². The van der Waals surface area contributed by atoms with Crippen molar-refractivity contribution in [3.63, 3.8) is 0 Å². The van der Waals surface area contributed by atoms with Crippen molar-refractivity contribution >= 4 is 23.1 Å². The summed E-state index contributed by atoms with van der Waals surface area (Å²) in [5.41, 5.74) is 0. The lowest BCUT2D eigenvalue weighted by atomic mass is 9.98. The fraction of sp³-hybridized carbons (Fsp3) is 0.824. The average Bonchev–Trinajstić information content (AvgIpc) is 2.47. The van der Waals surface area contributed by atoms with Gasteiger partial charge in [0, 0.05) is 12.2 Å². The van der Waals surface area contributed by atoms with E-state index in [-0.39, 0.29) is 6.61 Å². The number of carbonyl (C=O) groups excluding carboxylic acids is 1. The van der Waals surface area contributed by atoms with Crippen LogP contribution in [0.3, 0.4) is 0 Å². The van der Waals surface area contributed by atoms with Crippen LogP contribution in [-0.2, 0) is 9.47 Å². The molecule has 132 valence electrons. The summed E-state index contributed by atoms with van der Waals surface area (Å²) < 4.78 is 10.4. The lowest BCUT2D eigenvalue weighted by Gasteiger charge is -2.13. The lowest BCUT2D eigenvalue weighted by Crippen LogP contribution is -2.10. The van der Waals surface area contributed by atoms with Crippen molar-refractivity contribution in [2.75, 3.05) is 19.0 Å². The van der Waals surface area contributed by atoms with Gasteiger partial charge in [-0.25, -0.2) is 4.79 Å². The fourth-order valence-electron chi connectivity index (χ4n) is 1.89. The Bertz CT molecular complexity index is 392. The molecule has 0 aliphatic heterocycles. The maximum atomic E-state index is 11.4. The first-order valence-corrected chi connectivity index (χ1v) is 9.36. The van der Waals surface area contributed by atoms with Gasteiger partial charge in [-0.05, 0) is 25.2 Å². The Labute approximate surface area is 144 Å².